The average Bonchev–Trinajstić information content (AvgIpc) is 2.95. The molecule has 4 rings (SSSR count). The Morgan fingerprint density at radius 1 is 0.952 bits per heavy atom. The predicted molar refractivity (Wildman–Crippen MR) is 81.8 cm³/mol. The highest BCUT2D eigenvalue weighted by atomic mass is 16.7. The minimum Gasteiger partial charge on any atom is -0.348 e. The van der Waals surface area contributed by atoms with Gasteiger partial charge in [-0.05, 0) is 36.7 Å². The minimum atomic E-state index is -0.201. The van der Waals surface area contributed by atoms with Gasteiger partial charge in [0.2, 0.25) is 0 Å². The minimum absolute atomic E-state index is 0.201. The third-order valence-electron chi connectivity index (χ3n) is 5.68. The van der Waals surface area contributed by atoms with E-state index in [2.05, 4.69) is 35.6 Å². The normalized spacial score (nSPS) is 27.0. The quantitative estimate of drug-likeness (QED) is 0.926. The van der Waals surface area contributed by atoms with E-state index in [9.17, 15) is 0 Å². The Balaban J connectivity index is 1.24. The molecule has 1 aromatic carbocycles. The zero-order valence-corrected chi connectivity index (χ0v) is 12.6. The maximum absolute atomic E-state index is 5.84. The molecule has 114 valence electrons. The summed E-state index contributed by atoms with van der Waals surface area (Å²) in [7, 11) is 0. The van der Waals surface area contributed by atoms with Gasteiger partial charge in [0.25, 0.3) is 0 Å². The van der Waals surface area contributed by atoms with Gasteiger partial charge < -0.3 is 14.8 Å². The van der Waals surface area contributed by atoms with Crippen LogP contribution in [0.15, 0.2) is 30.3 Å². The van der Waals surface area contributed by atoms with Gasteiger partial charge in [0.05, 0.1) is 13.2 Å². The highest BCUT2D eigenvalue weighted by Crippen LogP contribution is 2.55. The Hall–Kier alpha value is -0.900. The smallest absolute Gasteiger partial charge is 0.168 e. The van der Waals surface area contributed by atoms with Crippen molar-refractivity contribution >= 4 is 0 Å². The van der Waals surface area contributed by atoms with E-state index in [0.29, 0.717) is 11.5 Å². The first-order chi connectivity index (χ1) is 10.3. The molecule has 2 aliphatic carbocycles. The van der Waals surface area contributed by atoms with E-state index in [1.165, 1.54) is 31.2 Å². The molecular formula is C18H25NO2. The average molecular weight is 287 g/mol. The molecular weight excluding hydrogens is 262 g/mol. The fraction of sp³-hybridized carbons (Fsp3) is 0.667. The number of hydrogen-bond donors (Lipinski definition) is 1. The summed E-state index contributed by atoms with van der Waals surface area (Å²) in [5, 5.41) is 3.71. The van der Waals surface area contributed by atoms with Crippen LogP contribution in [0.5, 0.6) is 0 Å². The van der Waals surface area contributed by atoms with Crippen LogP contribution in [0.25, 0.3) is 0 Å². The Labute approximate surface area is 127 Å². The highest BCUT2D eigenvalue weighted by molar-refractivity contribution is 5.15. The van der Waals surface area contributed by atoms with E-state index < -0.39 is 0 Å². The molecule has 0 radical (unpaired) electrons. The molecule has 1 aromatic rings. The molecule has 1 heterocycles. The highest BCUT2D eigenvalue weighted by Gasteiger charge is 2.51. The molecule has 3 heteroatoms. The maximum Gasteiger partial charge on any atom is 0.168 e. The van der Waals surface area contributed by atoms with Gasteiger partial charge in [-0.25, -0.2) is 0 Å². The lowest BCUT2D eigenvalue weighted by Gasteiger charge is -2.53. The number of benzene rings is 1. The summed E-state index contributed by atoms with van der Waals surface area (Å²) in [5.41, 5.74) is 1.96. The van der Waals surface area contributed by atoms with Crippen molar-refractivity contribution in [1.82, 2.24) is 5.32 Å². The van der Waals surface area contributed by atoms with Crippen molar-refractivity contribution in [1.29, 1.82) is 0 Å². The van der Waals surface area contributed by atoms with E-state index >= 15 is 0 Å². The summed E-state index contributed by atoms with van der Waals surface area (Å²) in [6, 6.07) is 11.4. The van der Waals surface area contributed by atoms with E-state index in [4.69, 9.17) is 9.47 Å². The molecule has 0 aromatic heterocycles. The van der Waals surface area contributed by atoms with Crippen LogP contribution in [0.4, 0.5) is 0 Å². The molecule has 3 fully saturated rings. The molecule has 3 nitrogen and oxygen atoms in total. The standard InChI is InChI=1S/C18H25NO2/c1-2-4-15(5-3-1)14-19-16-12-17(13-16)6-8-18(9-7-17)20-10-11-21-18/h1-5,16,19H,6-14H2. The third kappa shape index (κ3) is 2.75. The van der Waals surface area contributed by atoms with Crippen molar-refractivity contribution in [3.8, 4) is 0 Å². The maximum atomic E-state index is 5.84. The molecule has 1 N–H and O–H groups in total. The number of rotatable bonds is 3. The largest absolute Gasteiger partial charge is 0.348 e. The zero-order valence-electron chi connectivity index (χ0n) is 12.6. The Bertz CT molecular complexity index is 463. The Kier molecular flexibility index (Phi) is 3.52. The second kappa shape index (κ2) is 5.38. The van der Waals surface area contributed by atoms with Gasteiger partial charge >= 0.3 is 0 Å². The lowest BCUT2D eigenvalue weighted by atomic mass is 9.57. The molecule has 0 unspecified atom stereocenters. The van der Waals surface area contributed by atoms with Crippen LogP contribution in [0, 0.1) is 5.41 Å². The van der Waals surface area contributed by atoms with Gasteiger partial charge in [-0.1, -0.05) is 30.3 Å². The van der Waals surface area contributed by atoms with Crippen molar-refractivity contribution in [3.05, 3.63) is 35.9 Å². The van der Waals surface area contributed by atoms with Crippen LogP contribution in [-0.4, -0.2) is 25.0 Å². The van der Waals surface area contributed by atoms with Crippen molar-refractivity contribution in [2.75, 3.05) is 13.2 Å². The van der Waals surface area contributed by atoms with Crippen LogP contribution >= 0.6 is 0 Å². The molecule has 2 saturated carbocycles. The molecule has 0 atom stereocenters. The lowest BCUT2D eigenvalue weighted by Crippen LogP contribution is -2.52. The third-order valence-corrected chi connectivity index (χ3v) is 5.68. The second-order valence-electron chi connectivity index (χ2n) is 7.08. The summed E-state index contributed by atoms with van der Waals surface area (Å²) in [6.07, 6.45) is 7.40. The molecule has 2 spiro atoms. The molecule has 1 aliphatic heterocycles. The summed E-state index contributed by atoms with van der Waals surface area (Å²) in [5.74, 6) is -0.201. The summed E-state index contributed by atoms with van der Waals surface area (Å²) in [6.45, 7) is 2.57. The molecule has 3 aliphatic rings. The van der Waals surface area contributed by atoms with Gasteiger partial charge in [0, 0.05) is 25.4 Å². The van der Waals surface area contributed by atoms with Crippen molar-refractivity contribution in [3.63, 3.8) is 0 Å². The molecule has 0 amide bonds. The van der Waals surface area contributed by atoms with Crippen LogP contribution < -0.4 is 5.32 Å². The number of nitrogens with one attached hydrogen (secondary N) is 1. The monoisotopic (exact) mass is 287 g/mol. The van der Waals surface area contributed by atoms with Crippen molar-refractivity contribution in [2.24, 2.45) is 5.41 Å². The fourth-order valence-corrected chi connectivity index (χ4v) is 4.34. The van der Waals surface area contributed by atoms with Crippen LogP contribution in [-0.2, 0) is 16.0 Å². The zero-order chi connectivity index (χ0) is 14.2. The fourth-order valence-electron chi connectivity index (χ4n) is 4.34. The molecule has 1 saturated heterocycles. The SMILES string of the molecule is c1ccc(CNC2CC3(CCC4(CC3)OCCO4)C2)cc1. The van der Waals surface area contributed by atoms with Gasteiger partial charge in [-0.3, -0.25) is 0 Å². The van der Waals surface area contributed by atoms with Crippen molar-refractivity contribution < 1.29 is 9.47 Å². The van der Waals surface area contributed by atoms with Crippen LogP contribution in [0.3, 0.4) is 0 Å². The van der Waals surface area contributed by atoms with Crippen LogP contribution in [0.2, 0.25) is 0 Å². The van der Waals surface area contributed by atoms with E-state index in [-0.39, 0.29) is 5.79 Å². The first-order valence-corrected chi connectivity index (χ1v) is 8.33. The Morgan fingerprint density at radius 3 is 2.29 bits per heavy atom. The van der Waals surface area contributed by atoms with Gasteiger partial charge in [-0.15, -0.1) is 0 Å². The van der Waals surface area contributed by atoms with Gasteiger partial charge in [-0.2, -0.15) is 0 Å². The predicted octanol–water partition coefficient (Wildman–Crippen LogP) is 3.24. The van der Waals surface area contributed by atoms with Crippen LogP contribution in [0.1, 0.15) is 44.1 Å². The van der Waals surface area contributed by atoms with Crippen molar-refractivity contribution in [2.45, 2.75) is 56.9 Å². The topological polar surface area (TPSA) is 30.5 Å². The lowest BCUT2D eigenvalue weighted by molar-refractivity contribution is -0.200. The van der Waals surface area contributed by atoms with E-state index in [1.807, 2.05) is 0 Å². The Morgan fingerprint density at radius 2 is 1.62 bits per heavy atom. The summed E-state index contributed by atoms with van der Waals surface area (Å²) >= 11 is 0. The number of ether oxygens (including phenoxy) is 2. The molecule has 0 bridgehead atoms. The van der Waals surface area contributed by atoms with Gasteiger partial charge in [0.1, 0.15) is 0 Å². The first-order valence-electron chi connectivity index (χ1n) is 8.33. The first kappa shape index (κ1) is 13.7. The molecule has 21 heavy (non-hydrogen) atoms. The summed E-state index contributed by atoms with van der Waals surface area (Å²) in [4.78, 5) is 0. The second-order valence-corrected chi connectivity index (χ2v) is 7.08. The number of hydrogen-bond acceptors (Lipinski definition) is 3. The van der Waals surface area contributed by atoms with E-state index in [1.54, 1.807) is 0 Å². The summed E-state index contributed by atoms with van der Waals surface area (Å²) < 4.78 is 11.7. The van der Waals surface area contributed by atoms with E-state index in [0.717, 1.165) is 32.6 Å². The van der Waals surface area contributed by atoms with Gasteiger partial charge in [0.15, 0.2) is 5.79 Å².